The van der Waals surface area contributed by atoms with Crippen LogP contribution in [0.3, 0.4) is 0 Å². The Balaban J connectivity index is 0.00000320. The number of phenolic OH excluding ortho intramolecular Hbond substituents is 1. The zero-order valence-electron chi connectivity index (χ0n) is 15.5. The van der Waals surface area contributed by atoms with Crippen LogP contribution in [0.1, 0.15) is 11.1 Å². The molecule has 0 atom stereocenters. The molecule has 3 aromatic rings. The Morgan fingerprint density at radius 2 is 1.30 bits per heavy atom. The van der Waals surface area contributed by atoms with Gasteiger partial charge in [-0.2, -0.15) is 0 Å². The lowest BCUT2D eigenvalue weighted by molar-refractivity contribution is -0.398. The van der Waals surface area contributed by atoms with Crippen molar-refractivity contribution in [3.05, 3.63) is 98.1 Å². The highest BCUT2D eigenvalue weighted by Gasteiger charge is 2.19. The predicted octanol–water partition coefficient (Wildman–Crippen LogP) is 3.91. The Labute approximate surface area is 177 Å². The van der Waals surface area contributed by atoms with Crippen molar-refractivity contribution in [3.8, 4) is 11.5 Å². The molecule has 9 nitrogen and oxygen atoms in total. The molecule has 30 heavy (non-hydrogen) atoms. The van der Waals surface area contributed by atoms with E-state index in [9.17, 15) is 30.4 Å². The molecule has 0 saturated carbocycles. The van der Waals surface area contributed by atoms with Gasteiger partial charge in [0.1, 0.15) is 0 Å². The molecule has 0 bridgehead atoms. The molecule has 0 aromatic heterocycles. The zero-order chi connectivity index (χ0) is 21.0. The number of para-hydroxylation sites is 3. The third-order valence-corrected chi connectivity index (χ3v) is 4.41. The van der Waals surface area contributed by atoms with Crippen LogP contribution in [-0.2, 0) is 13.1 Å². The lowest BCUT2D eigenvalue weighted by atomic mass is 10.1. The van der Waals surface area contributed by atoms with E-state index >= 15 is 0 Å². The van der Waals surface area contributed by atoms with E-state index in [0.29, 0.717) is 11.3 Å². The maximum absolute atomic E-state index is 12.4. The number of nitro groups is 2. The van der Waals surface area contributed by atoms with Gasteiger partial charge in [0.2, 0.25) is 0 Å². The van der Waals surface area contributed by atoms with E-state index in [4.69, 9.17) is 0 Å². The standard InChI is InChI=1S/C20H17N3O6.ClH/c24-19-14(6-4-10-17(19)22(26)27)12-21(16-8-2-1-3-9-16)13-15-7-5-11-18(20(15)25)23(28)29;/h1-11,24-25H,12-13H2;1H/p-1. The fraction of sp³-hybridized carbons (Fsp3) is 0.100. The van der Waals surface area contributed by atoms with Crippen LogP contribution >= 0.6 is 12.4 Å². The minimum Gasteiger partial charge on any atom is -0.868 e. The Morgan fingerprint density at radius 3 is 1.90 bits per heavy atom. The van der Waals surface area contributed by atoms with Gasteiger partial charge in [-0.1, -0.05) is 42.5 Å². The first-order valence-corrected chi connectivity index (χ1v) is 8.57. The van der Waals surface area contributed by atoms with Crippen molar-refractivity contribution >= 4 is 29.5 Å². The number of anilines is 1. The molecule has 3 rings (SSSR count). The van der Waals surface area contributed by atoms with Gasteiger partial charge >= 0.3 is 5.69 Å². The lowest BCUT2D eigenvalue weighted by Gasteiger charge is -2.27. The summed E-state index contributed by atoms with van der Waals surface area (Å²) in [5.74, 6) is -1.15. The van der Waals surface area contributed by atoms with Crippen LogP contribution in [0.5, 0.6) is 11.5 Å². The van der Waals surface area contributed by atoms with Crippen LogP contribution in [-0.4, -0.2) is 15.0 Å². The lowest BCUT2D eigenvalue weighted by Crippen LogP contribution is -2.23. The third-order valence-electron chi connectivity index (χ3n) is 4.41. The fourth-order valence-electron chi connectivity index (χ4n) is 2.98. The second kappa shape index (κ2) is 9.57. The summed E-state index contributed by atoms with van der Waals surface area (Å²) in [6.07, 6.45) is 0. The van der Waals surface area contributed by atoms with Gasteiger partial charge < -0.3 is 15.1 Å². The molecule has 156 valence electrons. The molecule has 0 unspecified atom stereocenters. The summed E-state index contributed by atoms with van der Waals surface area (Å²) in [6.45, 7) is 0.0757. The summed E-state index contributed by atoms with van der Waals surface area (Å²) in [7, 11) is 0. The summed E-state index contributed by atoms with van der Waals surface area (Å²) in [6, 6.07) is 17.2. The maximum atomic E-state index is 12.4. The molecule has 10 heteroatoms. The minimum atomic E-state index is -0.731. The zero-order valence-corrected chi connectivity index (χ0v) is 16.3. The highest BCUT2D eigenvalue weighted by atomic mass is 35.5. The van der Waals surface area contributed by atoms with Gasteiger partial charge in [0.05, 0.1) is 9.85 Å². The summed E-state index contributed by atoms with van der Waals surface area (Å²) < 4.78 is 0. The van der Waals surface area contributed by atoms with Crippen LogP contribution in [0, 0.1) is 20.2 Å². The second-order valence-corrected chi connectivity index (χ2v) is 6.26. The average Bonchev–Trinajstić information content (AvgIpc) is 2.70. The molecule has 0 amide bonds. The highest BCUT2D eigenvalue weighted by Crippen LogP contribution is 2.33. The van der Waals surface area contributed by atoms with Gasteiger partial charge in [-0.15, -0.1) is 12.4 Å². The summed E-state index contributed by atoms with van der Waals surface area (Å²) in [4.78, 5) is 22.5. The minimum absolute atomic E-state index is 0. The Hall–Kier alpha value is -3.85. The van der Waals surface area contributed by atoms with Crippen molar-refractivity contribution in [3.63, 3.8) is 0 Å². The number of rotatable bonds is 7. The van der Waals surface area contributed by atoms with Crippen LogP contribution in [0.4, 0.5) is 17.1 Å². The molecule has 1 N–H and O–H groups in total. The first-order chi connectivity index (χ1) is 13.9. The molecule has 3 aromatic carbocycles. The number of halogens is 1. The molecule has 0 heterocycles. The number of aromatic hydroxyl groups is 1. The molecular formula is C20H17ClN3O6-. The molecule has 0 spiro atoms. The molecule has 0 aliphatic carbocycles. The van der Waals surface area contributed by atoms with E-state index < -0.39 is 32.7 Å². The number of hydrogen-bond donors (Lipinski definition) is 1. The molecule has 0 saturated heterocycles. The van der Waals surface area contributed by atoms with E-state index in [1.807, 2.05) is 0 Å². The van der Waals surface area contributed by atoms with Crippen LogP contribution in [0.25, 0.3) is 0 Å². The van der Waals surface area contributed by atoms with Gasteiger partial charge in [0.15, 0.2) is 5.75 Å². The van der Waals surface area contributed by atoms with Crippen molar-refractivity contribution in [2.24, 2.45) is 0 Å². The van der Waals surface area contributed by atoms with Gasteiger partial charge in [-0.25, -0.2) is 0 Å². The highest BCUT2D eigenvalue weighted by molar-refractivity contribution is 5.85. The van der Waals surface area contributed by atoms with Crippen molar-refractivity contribution in [1.29, 1.82) is 0 Å². The number of nitrogens with zero attached hydrogens (tertiary/aromatic N) is 3. The first kappa shape index (κ1) is 22.4. The number of nitro benzene ring substituents is 2. The van der Waals surface area contributed by atoms with E-state index in [1.165, 1.54) is 24.3 Å². The van der Waals surface area contributed by atoms with Gasteiger partial charge in [0.25, 0.3) is 5.69 Å². The first-order valence-electron chi connectivity index (χ1n) is 8.57. The molecule has 0 radical (unpaired) electrons. The largest absolute Gasteiger partial charge is 0.868 e. The van der Waals surface area contributed by atoms with E-state index in [2.05, 4.69) is 0 Å². The summed E-state index contributed by atoms with van der Waals surface area (Å²) in [5.41, 5.74) is 0.238. The average molecular weight is 431 g/mol. The Kier molecular flexibility index (Phi) is 7.16. The SMILES string of the molecule is Cl.O=[N+]([O-])c1cccc(CN(Cc2cccc([N+](=O)[O-])c2O)c2ccccc2)c1[O-]. The fourth-order valence-corrected chi connectivity index (χ4v) is 2.98. The summed E-state index contributed by atoms with van der Waals surface area (Å²) >= 11 is 0. The van der Waals surface area contributed by atoms with Crippen molar-refractivity contribution in [2.75, 3.05) is 4.90 Å². The number of hydrogen-bond acceptors (Lipinski definition) is 7. The topological polar surface area (TPSA) is 133 Å². The van der Waals surface area contributed by atoms with Gasteiger partial charge in [0, 0.05) is 36.5 Å². The van der Waals surface area contributed by atoms with Gasteiger partial charge in [-0.05, 0) is 23.4 Å². The molecule has 0 fully saturated rings. The van der Waals surface area contributed by atoms with Crippen molar-refractivity contribution < 1.29 is 20.1 Å². The van der Waals surface area contributed by atoms with Crippen molar-refractivity contribution in [1.82, 2.24) is 0 Å². The maximum Gasteiger partial charge on any atom is 0.311 e. The number of phenols is 1. The normalized spacial score (nSPS) is 10.1. The summed E-state index contributed by atoms with van der Waals surface area (Å²) in [5, 5.41) is 44.9. The monoisotopic (exact) mass is 430 g/mol. The van der Waals surface area contributed by atoms with Crippen LogP contribution in [0.15, 0.2) is 66.7 Å². The smallest absolute Gasteiger partial charge is 0.311 e. The third kappa shape index (κ3) is 4.76. The number of benzene rings is 3. The molecule has 0 aliphatic heterocycles. The van der Waals surface area contributed by atoms with Crippen molar-refractivity contribution in [2.45, 2.75) is 13.1 Å². The molecular weight excluding hydrogens is 414 g/mol. The molecule has 0 aliphatic rings. The van der Waals surface area contributed by atoms with Gasteiger partial charge in [-0.3, -0.25) is 20.2 Å². The second-order valence-electron chi connectivity index (χ2n) is 6.26. The Morgan fingerprint density at radius 1 is 0.767 bits per heavy atom. The van der Waals surface area contributed by atoms with Crippen LogP contribution in [0.2, 0.25) is 0 Å². The van der Waals surface area contributed by atoms with Crippen LogP contribution < -0.4 is 10.0 Å². The Bertz CT molecular complexity index is 996. The quantitative estimate of drug-likeness (QED) is 0.443. The predicted molar refractivity (Wildman–Crippen MR) is 111 cm³/mol. The van der Waals surface area contributed by atoms with E-state index in [-0.39, 0.29) is 31.1 Å². The van der Waals surface area contributed by atoms with E-state index in [1.54, 1.807) is 41.3 Å². The van der Waals surface area contributed by atoms with E-state index in [0.717, 1.165) is 6.07 Å².